The second-order valence-corrected chi connectivity index (χ2v) is 9.03. The van der Waals surface area contributed by atoms with Crippen LogP contribution in [0, 0.1) is 5.41 Å². The third-order valence-electron chi connectivity index (χ3n) is 4.64. The summed E-state index contributed by atoms with van der Waals surface area (Å²) in [5, 5.41) is 3.44. The van der Waals surface area contributed by atoms with Crippen LogP contribution in [0.15, 0.2) is 33.6 Å². The summed E-state index contributed by atoms with van der Waals surface area (Å²) in [6, 6.07) is 6.93. The standard InChI is InChI=1S/C15H21BrN2O2S/c16-13-3-5-14(6-4-13)21(19,20)18-10-2-8-15(12-18)7-1-9-17-11-15/h3-6,17H,1-2,7-12H2. The number of nitrogens with zero attached hydrogens (tertiary/aromatic N) is 1. The van der Waals surface area contributed by atoms with Crippen molar-refractivity contribution in [1.82, 2.24) is 9.62 Å². The van der Waals surface area contributed by atoms with E-state index in [1.54, 1.807) is 28.6 Å². The average molecular weight is 373 g/mol. The van der Waals surface area contributed by atoms with Gasteiger partial charge in [-0.05, 0) is 61.9 Å². The molecule has 1 atom stereocenters. The van der Waals surface area contributed by atoms with Gasteiger partial charge in [-0.25, -0.2) is 8.42 Å². The van der Waals surface area contributed by atoms with Crippen LogP contribution in [0.5, 0.6) is 0 Å². The SMILES string of the molecule is O=S(=O)(c1ccc(Br)cc1)N1CCCC2(CCCNC2)C1. The molecular weight excluding hydrogens is 352 g/mol. The molecule has 4 nitrogen and oxygen atoms in total. The molecule has 0 bridgehead atoms. The molecule has 0 radical (unpaired) electrons. The van der Waals surface area contributed by atoms with Crippen molar-refractivity contribution in [3.05, 3.63) is 28.7 Å². The molecule has 2 heterocycles. The topological polar surface area (TPSA) is 49.4 Å². The lowest BCUT2D eigenvalue weighted by Gasteiger charge is -2.44. The Bertz CT molecular complexity index is 589. The van der Waals surface area contributed by atoms with Crippen LogP contribution in [-0.2, 0) is 10.0 Å². The minimum atomic E-state index is -3.37. The van der Waals surface area contributed by atoms with Crippen molar-refractivity contribution in [2.24, 2.45) is 5.41 Å². The van der Waals surface area contributed by atoms with E-state index in [2.05, 4.69) is 21.2 Å². The molecule has 6 heteroatoms. The fourth-order valence-corrected chi connectivity index (χ4v) is 5.36. The highest BCUT2D eigenvalue weighted by atomic mass is 79.9. The summed E-state index contributed by atoms with van der Waals surface area (Å²) in [4.78, 5) is 0.395. The zero-order chi connectivity index (χ0) is 14.9. The molecule has 116 valence electrons. The number of sulfonamides is 1. The van der Waals surface area contributed by atoms with Crippen LogP contribution in [-0.4, -0.2) is 38.9 Å². The maximum Gasteiger partial charge on any atom is 0.243 e. The van der Waals surface area contributed by atoms with Gasteiger partial charge < -0.3 is 5.32 Å². The molecular formula is C15H21BrN2O2S. The first kappa shape index (κ1) is 15.5. The summed E-state index contributed by atoms with van der Waals surface area (Å²) >= 11 is 3.35. The molecule has 2 saturated heterocycles. The predicted molar refractivity (Wildman–Crippen MR) is 86.7 cm³/mol. The van der Waals surface area contributed by atoms with E-state index in [9.17, 15) is 8.42 Å². The van der Waals surface area contributed by atoms with Gasteiger partial charge in [-0.3, -0.25) is 0 Å². The largest absolute Gasteiger partial charge is 0.316 e. The van der Waals surface area contributed by atoms with Crippen LogP contribution < -0.4 is 5.32 Å². The highest BCUT2D eigenvalue weighted by Crippen LogP contribution is 2.37. The van der Waals surface area contributed by atoms with E-state index in [0.29, 0.717) is 18.0 Å². The van der Waals surface area contributed by atoms with Crippen molar-refractivity contribution in [1.29, 1.82) is 0 Å². The molecule has 3 rings (SSSR count). The van der Waals surface area contributed by atoms with Crippen LogP contribution in [0.2, 0.25) is 0 Å². The second kappa shape index (κ2) is 5.99. The van der Waals surface area contributed by atoms with Gasteiger partial charge in [-0.2, -0.15) is 4.31 Å². The number of hydrogen-bond acceptors (Lipinski definition) is 3. The first-order valence-corrected chi connectivity index (χ1v) is 9.72. The van der Waals surface area contributed by atoms with Crippen LogP contribution >= 0.6 is 15.9 Å². The van der Waals surface area contributed by atoms with E-state index in [0.717, 1.165) is 43.2 Å². The Hall–Kier alpha value is -0.430. The predicted octanol–water partition coefficient (Wildman–Crippen LogP) is 2.60. The molecule has 2 fully saturated rings. The van der Waals surface area contributed by atoms with E-state index >= 15 is 0 Å². The van der Waals surface area contributed by atoms with E-state index < -0.39 is 10.0 Å². The Morgan fingerprint density at radius 2 is 1.86 bits per heavy atom. The molecule has 1 aromatic rings. The third kappa shape index (κ3) is 3.18. The molecule has 2 aliphatic rings. The Balaban J connectivity index is 1.83. The lowest BCUT2D eigenvalue weighted by atomic mass is 9.75. The summed E-state index contributed by atoms with van der Waals surface area (Å²) in [6.45, 7) is 3.29. The van der Waals surface area contributed by atoms with Gasteiger partial charge in [0.15, 0.2) is 0 Å². The van der Waals surface area contributed by atoms with E-state index in [-0.39, 0.29) is 5.41 Å². The first-order valence-electron chi connectivity index (χ1n) is 7.48. The van der Waals surface area contributed by atoms with Gasteiger partial charge in [-0.15, -0.1) is 0 Å². The van der Waals surface area contributed by atoms with Crippen molar-refractivity contribution in [3.8, 4) is 0 Å². The molecule has 0 aliphatic carbocycles. The zero-order valence-electron chi connectivity index (χ0n) is 12.0. The van der Waals surface area contributed by atoms with Crippen molar-refractivity contribution in [2.45, 2.75) is 30.6 Å². The fraction of sp³-hybridized carbons (Fsp3) is 0.600. The number of benzene rings is 1. The Morgan fingerprint density at radius 1 is 1.14 bits per heavy atom. The van der Waals surface area contributed by atoms with Gasteiger partial charge in [0.05, 0.1) is 4.90 Å². The molecule has 2 aliphatic heterocycles. The normalized spacial score (nSPS) is 27.9. The van der Waals surface area contributed by atoms with Gasteiger partial charge >= 0.3 is 0 Å². The molecule has 1 unspecified atom stereocenters. The Kier molecular flexibility index (Phi) is 4.41. The second-order valence-electron chi connectivity index (χ2n) is 6.18. The highest BCUT2D eigenvalue weighted by molar-refractivity contribution is 9.10. The van der Waals surface area contributed by atoms with Gasteiger partial charge in [-0.1, -0.05) is 15.9 Å². The molecule has 1 N–H and O–H groups in total. The molecule has 0 amide bonds. The number of halogens is 1. The van der Waals surface area contributed by atoms with E-state index in [1.807, 2.05) is 0 Å². The quantitative estimate of drug-likeness (QED) is 0.867. The maximum atomic E-state index is 12.8. The molecule has 0 aromatic heterocycles. The smallest absolute Gasteiger partial charge is 0.243 e. The van der Waals surface area contributed by atoms with E-state index in [1.165, 1.54) is 0 Å². The number of piperidine rings is 2. The van der Waals surface area contributed by atoms with E-state index in [4.69, 9.17) is 0 Å². The molecule has 0 saturated carbocycles. The van der Waals surface area contributed by atoms with Crippen molar-refractivity contribution >= 4 is 26.0 Å². The van der Waals surface area contributed by atoms with Crippen LogP contribution in [0.25, 0.3) is 0 Å². The van der Waals surface area contributed by atoms with Gasteiger partial charge in [0.2, 0.25) is 10.0 Å². The minimum Gasteiger partial charge on any atom is -0.316 e. The lowest BCUT2D eigenvalue weighted by Crippen LogP contribution is -2.52. The van der Waals surface area contributed by atoms with Crippen molar-refractivity contribution in [2.75, 3.05) is 26.2 Å². The minimum absolute atomic E-state index is 0.138. The highest BCUT2D eigenvalue weighted by Gasteiger charge is 2.40. The third-order valence-corrected chi connectivity index (χ3v) is 7.03. The monoisotopic (exact) mass is 372 g/mol. The molecule has 1 spiro atoms. The Labute approximate surface area is 135 Å². The van der Waals surface area contributed by atoms with Crippen LogP contribution in [0.1, 0.15) is 25.7 Å². The van der Waals surface area contributed by atoms with Crippen LogP contribution in [0.4, 0.5) is 0 Å². The maximum absolute atomic E-state index is 12.8. The summed E-state index contributed by atoms with van der Waals surface area (Å²) in [5.41, 5.74) is 0.138. The summed E-state index contributed by atoms with van der Waals surface area (Å²) in [6.07, 6.45) is 4.36. The summed E-state index contributed by atoms with van der Waals surface area (Å²) in [5.74, 6) is 0. The van der Waals surface area contributed by atoms with Crippen molar-refractivity contribution in [3.63, 3.8) is 0 Å². The van der Waals surface area contributed by atoms with Crippen molar-refractivity contribution < 1.29 is 8.42 Å². The number of rotatable bonds is 2. The molecule has 21 heavy (non-hydrogen) atoms. The Morgan fingerprint density at radius 3 is 2.52 bits per heavy atom. The van der Waals surface area contributed by atoms with Crippen LogP contribution in [0.3, 0.4) is 0 Å². The fourth-order valence-electron chi connectivity index (χ4n) is 3.50. The van der Waals surface area contributed by atoms with Gasteiger partial charge in [0.25, 0.3) is 0 Å². The lowest BCUT2D eigenvalue weighted by molar-refractivity contribution is 0.110. The summed E-state index contributed by atoms with van der Waals surface area (Å²) < 4.78 is 28.2. The average Bonchev–Trinajstić information content (AvgIpc) is 2.48. The number of hydrogen-bond donors (Lipinski definition) is 1. The van der Waals surface area contributed by atoms with Gasteiger partial charge in [0, 0.05) is 24.1 Å². The number of nitrogens with one attached hydrogen (secondary N) is 1. The zero-order valence-corrected chi connectivity index (χ0v) is 14.4. The first-order chi connectivity index (χ1) is 10.0. The summed E-state index contributed by atoms with van der Waals surface area (Å²) in [7, 11) is -3.37. The molecule has 1 aromatic carbocycles. The van der Waals surface area contributed by atoms with Gasteiger partial charge in [0.1, 0.15) is 0 Å².